The molecule has 0 unspecified atom stereocenters. The van der Waals surface area contributed by atoms with Gasteiger partial charge in [-0.2, -0.15) is 37.9 Å². The predicted octanol–water partition coefficient (Wildman–Crippen LogP) is -5.65. The Balaban J connectivity index is 2.90. The molecule has 1 aliphatic heterocycles. The lowest BCUT2D eigenvalue weighted by molar-refractivity contribution is -0.141. The highest BCUT2D eigenvalue weighted by Gasteiger charge is 2.36. The summed E-state index contributed by atoms with van der Waals surface area (Å²) in [6.45, 7) is -0.732. The summed E-state index contributed by atoms with van der Waals surface area (Å²) in [4.78, 5) is 113. The van der Waals surface area contributed by atoms with Crippen molar-refractivity contribution in [3.8, 4) is 0 Å². The number of primary amides is 1. The summed E-state index contributed by atoms with van der Waals surface area (Å²) < 4.78 is 0. The van der Waals surface area contributed by atoms with Crippen molar-refractivity contribution >= 4 is 91.1 Å². The van der Waals surface area contributed by atoms with Gasteiger partial charge in [0.25, 0.3) is 0 Å². The van der Waals surface area contributed by atoms with Gasteiger partial charge in [-0.3, -0.25) is 38.4 Å². The van der Waals surface area contributed by atoms with Crippen molar-refractivity contribution in [3.05, 3.63) is 0 Å². The number of likely N-dealkylation sites (tertiary alicyclic amines) is 1. The van der Waals surface area contributed by atoms with E-state index < -0.39 is 109 Å². The summed E-state index contributed by atoms with van der Waals surface area (Å²) in [6.07, 6.45) is 1.13. The molecule has 20 nitrogen and oxygen atoms in total. The number of unbranched alkanes of at least 4 members (excludes halogenated alkanes) is 1. The van der Waals surface area contributed by atoms with Crippen LogP contribution in [0.5, 0.6) is 0 Å². The Kier molecular flexibility index (Phi) is 21.0. The fraction of sp³-hybridized carbons (Fsp3) is 0.679. The molecule has 1 rings (SSSR count). The molecule has 0 aromatic heterocycles. The van der Waals surface area contributed by atoms with Crippen LogP contribution in [0.3, 0.4) is 0 Å². The first-order valence-electron chi connectivity index (χ1n) is 15.9. The first kappa shape index (κ1) is 45.2. The minimum absolute atomic E-state index is 0.00702. The van der Waals surface area contributed by atoms with Gasteiger partial charge in [0.1, 0.15) is 30.2 Å². The van der Waals surface area contributed by atoms with Crippen molar-refractivity contribution in [1.29, 1.82) is 0 Å². The molecule has 0 aliphatic carbocycles. The van der Waals surface area contributed by atoms with Crippen LogP contribution in [-0.2, 0) is 43.2 Å². The zero-order valence-corrected chi connectivity index (χ0v) is 30.5. The van der Waals surface area contributed by atoms with Crippen LogP contribution in [0.25, 0.3) is 0 Å². The maximum Gasteiger partial charge on any atom is 0.327 e. The summed E-state index contributed by atoms with van der Waals surface area (Å²) in [7, 11) is 0. The fourth-order valence-corrected chi connectivity index (χ4v) is 5.39. The number of thiol groups is 3. The summed E-state index contributed by atoms with van der Waals surface area (Å²) >= 11 is 11.8. The molecule has 0 aromatic rings. The molecule has 13 N–H and O–H groups in total. The van der Waals surface area contributed by atoms with Gasteiger partial charge >= 0.3 is 5.97 Å². The van der Waals surface area contributed by atoms with Gasteiger partial charge in [-0.1, -0.05) is 0 Å². The molecule has 51 heavy (non-hydrogen) atoms. The van der Waals surface area contributed by atoms with Gasteiger partial charge in [-0.15, -0.1) is 0 Å². The Morgan fingerprint density at radius 3 is 1.92 bits per heavy atom. The predicted molar refractivity (Wildman–Crippen MR) is 192 cm³/mol. The first-order valence-corrected chi connectivity index (χ1v) is 17.8. The maximum absolute atomic E-state index is 13.3. The largest absolute Gasteiger partial charge is 0.480 e. The van der Waals surface area contributed by atoms with Crippen LogP contribution in [0.2, 0.25) is 0 Å². The molecule has 1 saturated heterocycles. The van der Waals surface area contributed by atoms with Gasteiger partial charge in [-0.05, 0) is 38.6 Å². The molecule has 288 valence electrons. The summed E-state index contributed by atoms with van der Waals surface area (Å²) in [5.41, 5.74) is 16.4. The van der Waals surface area contributed by atoms with Crippen LogP contribution in [0.15, 0.2) is 0 Å². The van der Waals surface area contributed by atoms with Crippen molar-refractivity contribution in [2.75, 3.05) is 43.4 Å². The van der Waals surface area contributed by atoms with Crippen LogP contribution in [0.4, 0.5) is 0 Å². The van der Waals surface area contributed by atoms with E-state index in [0.29, 0.717) is 25.8 Å². The van der Waals surface area contributed by atoms with E-state index in [2.05, 4.69) is 69.8 Å². The SMILES string of the molecule is NCCCC[C@H](NC(=O)[C@@H]1CCCN1C(=O)CNC(=O)[C@H](CC(N)=O)NC(=O)[C@H](CS)NC(=O)[C@@H](N)CS)C(=O)NCC(=O)N[C@@H](CS)C(=O)O. The molecule has 0 saturated carbocycles. The topological polar surface area (TPSA) is 327 Å². The van der Waals surface area contributed by atoms with Crippen molar-refractivity contribution in [2.45, 2.75) is 74.8 Å². The number of amides is 8. The molecule has 23 heteroatoms. The number of aliphatic carboxylic acids is 1. The summed E-state index contributed by atoms with van der Waals surface area (Å²) in [5, 5.41) is 23.2. The highest BCUT2D eigenvalue weighted by molar-refractivity contribution is 7.80. The normalized spacial score (nSPS) is 16.7. The number of hydrogen-bond donors (Lipinski definition) is 13. The van der Waals surface area contributed by atoms with Crippen LogP contribution in [0.1, 0.15) is 38.5 Å². The second kappa shape index (κ2) is 23.6. The zero-order chi connectivity index (χ0) is 38.7. The number of rotatable bonds is 23. The molecule has 1 aliphatic rings. The zero-order valence-electron chi connectivity index (χ0n) is 27.8. The van der Waals surface area contributed by atoms with Gasteiger partial charge in [-0.25, -0.2) is 4.79 Å². The smallest absolute Gasteiger partial charge is 0.327 e. The number of carboxylic acids is 1. The van der Waals surface area contributed by atoms with E-state index in [1.807, 2.05) is 0 Å². The third-order valence-corrected chi connectivity index (χ3v) is 8.62. The third-order valence-electron chi connectivity index (χ3n) is 7.50. The Hall–Kier alpha value is -3.80. The Bertz CT molecular complexity index is 1280. The average Bonchev–Trinajstić information content (AvgIpc) is 3.59. The highest BCUT2D eigenvalue weighted by atomic mass is 32.1. The summed E-state index contributed by atoms with van der Waals surface area (Å²) in [5.74, 6) is -7.99. The number of carbonyl (C=O) groups excluding carboxylic acids is 8. The molecule has 6 atom stereocenters. The van der Waals surface area contributed by atoms with Crippen LogP contribution in [-0.4, -0.2) is 143 Å². The first-order chi connectivity index (χ1) is 24.1. The molecule has 1 heterocycles. The number of hydrogen-bond acceptors (Lipinski definition) is 14. The van der Waals surface area contributed by atoms with E-state index in [9.17, 15) is 43.2 Å². The van der Waals surface area contributed by atoms with Gasteiger partial charge in [0.05, 0.1) is 25.6 Å². The van der Waals surface area contributed by atoms with E-state index in [1.165, 1.54) is 4.90 Å². The Morgan fingerprint density at radius 1 is 0.745 bits per heavy atom. The van der Waals surface area contributed by atoms with Crippen LogP contribution < -0.4 is 49.1 Å². The Morgan fingerprint density at radius 2 is 1.35 bits per heavy atom. The number of nitrogens with two attached hydrogens (primary N) is 3. The lowest BCUT2D eigenvalue weighted by atomic mass is 10.1. The van der Waals surface area contributed by atoms with Crippen molar-refractivity contribution in [2.24, 2.45) is 17.2 Å². The third kappa shape index (κ3) is 16.0. The van der Waals surface area contributed by atoms with E-state index >= 15 is 0 Å². The van der Waals surface area contributed by atoms with Crippen molar-refractivity contribution < 1.29 is 48.3 Å². The molecule has 0 aromatic carbocycles. The Labute approximate surface area is 310 Å². The minimum Gasteiger partial charge on any atom is -0.480 e. The molecule has 0 radical (unpaired) electrons. The maximum atomic E-state index is 13.3. The minimum atomic E-state index is -1.53. The van der Waals surface area contributed by atoms with Crippen LogP contribution in [0, 0.1) is 0 Å². The molecule has 1 fully saturated rings. The lowest BCUT2D eigenvalue weighted by Gasteiger charge is -2.27. The van der Waals surface area contributed by atoms with E-state index in [-0.39, 0.29) is 36.6 Å². The fourth-order valence-electron chi connectivity index (χ4n) is 4.71. The van der Waals surface area contributed by atoms with E-state index in [0.717, 1.165) is 0 Å². The van der Waals surface area contributed by atoms with Gasteiger partial charge in [0.2, 0.25) is 47.3 Å². The number of carbonyl (C=O) groups is 9. The average molecular weight is 781 g/mol. The molecular weight excluding hydrogens is 733 g/mol. The van der Waals surface area contributed by atoms with Gasteiger partial charge in [0.15, 0.2) is 0 Å². The highest BCUT2D eigenvalue weighted by Crippen LogP contribution is 2.18. The molecular formula is C28H48N10O10S3. The number of nitrogens with zero attached hydrogens (tertiary/aromatic N) is 1. The number of nitrogens with one attached hydrogen (secondary N) is 6. The second-order valence-electron chi connectivity index (χ2n) is 11.4. The van der Waals surface area contributed by atoms with Gasteiger partial charge < -0.3 is 59.1 Å². The molecule has 0 bridgehead atoms. The van der Waals surface area contributed by atoms with Gasteiger partial charge in [0, 0.05) is 23.8 Å². The molecule has 8 amide bonds. The quantitative estimate of drug-likeness (QED) is 0.0341. The number of carboxylic acid groups (broad SMARTS) is 1. The van der Waals surface area contributed by atoms with E-state index in [4.69, 9.17) is 22.3 Å². The monoisotopic (exact) mass is 780 g/mol. The van der Waals surface area contributed by atoms with E-state index in [1.54, 1.807) is 0 Å². The lowest BCUT2D eigenvalue weighted by Crippen LogP contribution is -2.58. The van der Waals surface area contributed by atoms with Crippen LogP contribution >= 0.6 is 37.9 Å². The molecule has 0 spiro atoms. The summed E-state index contributed by atoms with van der Waals surface area (Å²) in [6, 6.07) is -7.19. The second-order valence-corrected chi connectivity index (χ2v) is 12.5. The van der Waals surface area contributed by atoms with Crippen molar-refractivity contribution in [1.82, 2.24) is 36.8 Å². The van der Waals surface area contributed by atoms with Crippen molar-refractivity contribution in [3.63, 3.8) is 0 Å². The standard InChI is InChI=1S/C28H48N10O10S3/c29-6-2-1-4-15(24(43)32-9-21(40)34-18(13-51)28(47)48)35-27(46)19-5-3-7-38(19)22(41)10-33-25(44)16(8-20(31)39)36-26(45)17(12-50)37-23(42)14(30)11-49/h14-19,49-51H,1-13,29-30H2,(H2,31,39)(H,32,43)(H,33,44)(H,34,40)(H,35,46)(H,36,45)(H,37,42)(H,47,48)/t14-,15-,16-,17-,18-,19-/m0/s1.